The first-order chi connectivity index (χ1) is 10.0. The molecule has 8 nitrogen and oxygen atoms in total. The van der Waals surface area contributed by atoms with Crippen molar-refractivity contribution >= 4 is 34.6 Å². The van der Waals surface area contributed by atoms with Crippen molar-refractivity contribution in [2.24, 2.45) is 0 Å². The largest absolute Gasteiger partial charge is 0.494 e. The minimum Gasteiger partial charge on any atom is -0.494 e. The van der Waals surface area contributed by atoms with E-state index in [1.165, 1.54) is 0 Å². The molecule has 2 rings (SSSR count). The van der Waals surface area contributed by atoms with Gasteiger partial charge in [-0.2, -0.15) is 9.97 Å². The van der Waals surface area contributed by atoms with E-state index in [1.54, 1.807) is 24.3 Å². The van der Waals surface area contributed by atoms with Gasteiger partial charge in [-0.25, -0.2) is 0 Å². The van der Waals surface area contributed by atoms with Crippen LogP contribution in [0, 0.1) is 10.1 Å². The molecule has 0 spiro atoms. The molecular formula is C12H12ClN5O3. The summed E-state index contributed by atoms with van der Waals surface area (Å²) in [6.45, 7) is 2.43. The highest BCUT2D eigenvalue weighted by molar-refractivity contribution is 6.28. The van der Waals surface area contributed by atoms with Crippen LogP contribution in [0.5, 0.6) is 5.75 Å². The first kappa shape index (κ1) is 14.8. The van der Waals surface area contributed by atoms with E-state index in [2.05, 4.69) is 15.3 Å². The van der Waals surface area contributed by atoms with Gasteiger partial charge in [-0.1, -0.05) is 0 Å². The molecule has 0 aliphatic heterocycles. The number of halogens is 1. The van der Waals surface area contributed by atoms with Crippen LogP contribution >= 0.6 is 11.6 Å². The lowest BCUT2D eigenvalue weighted by Gasteiger charge is -2.08. The molecule has 9 heteroatoms. The van der Waals surface area contributed by atoms with Gasteiger partial charge in [0.05, 0.1) is 11.5 Å². The topological polar surface area (TPSA) is 116 Å². The second-order valence-electron chi connectivity index (χ2n) is 3.91. The molecule has 0 fully saturated rings. The van der Waals surface area contributed by atoms with E-state index in [-0.39, 0.29) is 16.9 Å². The van der Waals surface area contributed by atoms with Crippen LogP contribution in [0.3, 0.4) is 0 Å². The van der Waals surface area contributed by atoms with Gasteiger partial charge in [0, 0.05) is 5.69 Å². The number of benzene rings is 1. The molecular weight excluding hydrogens is 298 g/mol. The van der Waals surface area contributed by atoms with Gasteiger partial charge in [0.25, 0.3) is 0 Å². The summed E-state index contributed by atoms with van der Waals surface area (Å²) in [5.74, 6) is 0.327. The number of rotatable bonds is 5. The Labute approximate surface area is 125 Å². The Morgan fingerprint density at radius 2 is 2.05 bits per heavy atom. The Morgan fingerprint density at radius 3 is 2.62 bits per heavy atom. The molecule has 21 heavy (non-hydrogen) atoms. The fourth-order valence-electron chi connectivity index (χ4n) is 1.65. The van der Waals surface area contributed by atoms with Crippen molar-refractivity contribution in [2.75, 3.05) is 17.7 Å². The lowest BCUT2D eigenvalue weighted by Crippen LogP contribution is -2.06. The van der Waals surface area contributed by atoms with Gasteiger partial charge in [-0.05, 0) is 42.8 Å². The standard InChI is InChI=1S/C12H12ClN5O3/c1-2-21-8-5-3-7(4-6-8)15-11-9(18(19)20)10(14)16-12(13)17-11/h3-6H,2H2,1H3,(H3,14,15,16,17). The van der Waals surface area contributed by atoms with Gasteiger partial charge in [-0.3, -0.25) is 10.1 Å². The summed E-state index contributed by atoms with van der Waals surface area (Å²) in [7, 11) is 0. The quantitative estimate of drug-likeness (QED) is 0.495. The Balaban J connectivity index is 2.32. The third kappa shape index (κ3) is 3.48. The van der Waals surface area contributed by atoms with Crippen molar-refractivity contribution in [3.05, 3.63) is 39.7 Å². The summed E-state index contributed by atoms with van der Waals surface area (Å²) in [5, 5.41) is 13.6. The average molecular weight is 310 g/mol. The Bertz CT molecular complexity index is 663. The van der Waals surface area contributed by atoms with Crippen molar-refractivity contribution in [2.45, 2.75) is 6.92 Å². The number of nitrogens with one attached hydrogen (secondary N) is 1. The first-order valence-corrected chi connectivity index (χ1v) is 6.36. The molecule has 110 valence electrons. The first-order valence-electron chi connectivity index (χ1n) is 5.98. The molecule has 1 aromatic heterocycles. The molecule has 0 saturated heterocycles. The van der Waals surface area contributed by atoms with Gasteiger partial charge in [0.15, 0.2) is 0 Å². The van der Waals surface area contributed by atoms with E-state index in [0.29, 0.717) is 18.0 Å². The van der Waals surface area contributed by atoms with Gasteiger partial charge in [0.2, 0.25) is 16.9 Å². The number of nitrogen functional groups attached to an aromatic ring is 1. The van der Waals surface area contributed by atoms with E-state index in [9.17, 15) is 10.1 Å². The zero-order chi connectivity index (χ0) is 15.4. The lowest BCUT2D eigenvalue weighted by molar-refractivity contribution is -0.383. The van der Waals surface area contributed by atoms with Gasteiger partial charge >= 0.3 is 5.69 Å². The van der Waals surface area contributed by atoms with Crippen LogP contribution in [-0.4, -0.2) is 21.5 Å². The zero-order valence-electron chi connectivity index (χ0n) is 11.0. The molecule has 0 bridgehead atoms. The molecule has 0 atom stereocenters. The number of hydrogen-bond acceptors (Lipinski definition) is 7. The summed E-state index contributed by atoms with van der Waals surface area (Å²) < 4.78 is 5.31. The normalized spacial score (nSPS) is 10.2. The van der Waals surface area contributed by atoms with E-state index < -0.39 is 10.6 Å². The maximum atomic E-state index is 11.0. The Hall–Kier alpha value is -2.61. The summed E-state index contributed by atoms with van der Waals surface area (Å²) >= 11 is 5.67. The van der Waals surface area contributed by atoms with Crippen molar-refractivity contribution in [1.29, 1.82) is 0 Å². The summed E-state index contributed by atoms with van der Waals surface area (Å²) in [6.07, 6.45) is 0. The maximum Gasteiger partial charge on any atom is 0.353 e. The highest BCUT2D eigenvalue weighted by Crippen LogP contribution is 2.31. The third-order valence-corrected chi connectivity index (χ3v) is 2.66. The van der Waals surface area contributed by atoms with E-state index in [4.69, 9.17) is 22.1 Å². The highest BCUT2D eigenvalue weighted by atomic mass is 35.5. The predicted octanol–water partition coefficient (Wildman–Crippen LogP) is 2.76. The number of nitro groups is 1. The minimum absolute atomic E-state index is 0.0679. The van der Waals surface area contributed by atoms with Crippen LogP contribution in [0.4, 0.5) is 23.0 Å². The van der Waals surface area contributed by atoms with E-state index in [0.717, 1.165) is 0 Å². The van der Waals surface area contributed by atoms with E-state index in [1.807, 2.05) is 6.92 Å². The molecule has 0 aliphatic carbocycles. The molecule has 3 N–H and O–H groups in total. The van der Waals surface area contributed by atoms with Crippen LogP contribution in [-0.2, 0) is 0 Å². The summed E-state index contributed by atoms with van der Waals surface area (Å²) in [4.78, 5) is 17.7. The van der Waals surface area contributed by atoms with Gasteiger partial charge in [-0.15, -0.1) is 0 Å². The van der Waals surface area contributed by atoms with Crippen LogP contribution in [0.25, 0.3) is 0 Å². The second kappa shape index (κ2) is 6.23. The monoisotopic (exact) mass is 309 g/mol. The summed E-state index contributed by atoms with van der Waals surface area (Å²) in [6, 6.07) is 6.84. The molecule has 1 aromatic carbocycles. The third-order valence-electron chi connectivity index (χ3n) is 2.49. The smallest absolute Gasteiger partial charge is 0.353 e. The van der Waals surface area contributed by atoms with Crippen molar-refractivity contribution in [3.8, 4) is 5.75 Å². The van der Waals surface area contributed by atoms with Crippen molar-refractivity contribution < 1.29 is 9.66 Å². The molecule has 0 unspecified atom stereocenters. The predicted molar refractivity (Wildman–Crippen MR) is 79.0 cm³/mol. The average Bonchev–Trinajstić information content (AvgIpc) is 2.40. The van der Waals surface area contributed by atoms with Crippen LogP contribution in [0.1, 0.15) is 6.92 Å². The fourth-order valence-corrected chi connectivity index (χ4v) is 1.82. The maximum absolute atomic E-state index is 11.0. The molecule has 2 aromatic rings. The number of aromatic nitrogens is 2. The van der Waals surface area contributed by atoms with Crippen LogP contribution in [0.2, 0.25) is 5.28 Å². The molecule has 0 amide bonds. The Kier molecular flexibility index (Phi) is 4.39. The summed E-state index contributed by atoms with van der Waals surface area (Å²) in [5.41, 5.74) is 5.66. The van der Waals surface area contributed by atoms with Crippen LogP contribution in [0.15, 0.2) is 24.3 Å². The molecule has 1 heterocycles. The fraction of sp³-hybridized carbons (Fsp3) is 0.167. The van der Waals surface area contributed by atoms with E-state index >= 15 is 0 Å². The minimum atomic E-state index is -0.664. The second-order valence-corrected chi connectivity index (χ2v) is 4.25. The molecule has 0 saturated carbocycles. The number of nitrogens with two attached hydrogens (primary N) is 1. The zero-order valence-corrected chi connectivity index (χ0v) is 11.8. The lowest BCUT2D eigenvalue weighted by atomic mass is 10.3. The van der Waals surface area contributed by atoms with Gasteiger partial charge in [0.1, 0.15) is 5.75 Å². The molecule has 0 radical (unpaired) electrons. The SMILES string of the molecule is CCOc1ccc(Nc2nc(Cl)nc(N)c2[N+](=O)[O-])cc1. The highest BCUT2D eigenvalue weighted by Gasteiger charge is 2.22. The van der Waals surface area contributed by atoms with Crippen molar-refractivity contribution in [1.82, 2.24) is 9.97 Å². The Morgan fingerprint density at radius 1 is 1.38 bits per heavy atom. The van der Waals surface area contributed by atoms with Crippen molar-refractivity contribution in [3.63, 3.8) is 0 Å². The number of ether oxygens (including phenoxy) is 1. The number of hydrogen-bond donors (Lipinski definition) is 2. The number of nitrogens with zero attached hydrogens (tertiary/aromatic N) is 3. The number of anilines is 3. The van der Waals surface area contributed by atoms with Crippen LogP contribution < -0.4 is 15.8 Å². The molecule has 0 aliphatic rings. The van der Waals surface area contributed by atoms with Gasteiger partial charge < -0.3 is 15.8 Å².